The molecular weight excluding hydrogens is 514 g/mol. The number of benzene rings is 2. The number of rotatable bonds is 9. The number of hydrogen-bond acceptors (Lipinski definition) is 8. The van der Waals surface area contributed by atoms with Crippen LogP contribution in [0, 0.1) is 6.92 Å². The van der Waals surface area contributed by atoms with Crippen LogP contribution in [-0.2, 0) is 16.1 Å². The average molecular weight is 542 g/mol. The standard InChI is InChI=1S/C25H28BrN5O4/c1-5-10-34-24(32)21-16(4)27-25-28-29-30-31(25)22(21)18-12-19(26)23(20(13-18)33-6-2)35-14-17-9-7-8-15(3)11-17/h7-9,11-13,22H,5-6,10,14H2,1-4H3,(H,27,28,30). The molecule has 0 aliphatic carbocycles. The summed E-state index contributed by atoms with van der Waals surface area (Å²) < 4.78 is 19.9. The molecule has 0 radical (unpaired) electrons. The Morgan fingerprint density at radius 3 is 2.74 bits per heavy atom. The summed E-state index contributed by atoms with van der Waals surface area (Å²) in [5.41, 5.74) is 4.03. The number of ether oxygens (including phenoxy) is 3. The molecule has 1 aromatic heterocycles. The van der Waals surface area contributed by atoms with E-state index < -0.39 is 12.0 Å². The molecule has 0 saturated heterocycles. The summed E-state index contributed by atoms with van der Waals surface area (Å²) in [5, 5.41) is 15.1. The van der Waals surface area contributed by atoms with Crippen molar-refractivity contribution in [2.45, 2.75) is 46.8 Å². The number of aromatic nitrogens is 4. The highest BCUT2D eigenvalue weighted by Crippen LogP contribution is 2.43. The highest BCUT2D eigenvalue weighted by Gasteiger charge is 2.36. The first-order chi connectivity index (χ1) is 16.9. The third-order valence-electron chi connectivity index (χ3n) is 5.48. The molecule has 1 aliphatic rings. The van der Waals surface area contributed by atoms with Gasteiger partial charge >= 0.3 is 5.97 Å². The van der Waals surface area contributed by atoms with E-state index in [9.17, 15) is 4.79 Å². The van der Waals surface area contributed by atoms with E-state index in [-0.39, 0.29) is 0 Å². The van der Waals surface area contributed by atoms with Crippen molar-refractivity contribution < 1.29 is 19.0 Å². The fourth-order valence-corrected chi connectivity index (χ4v) is 4.54. The van der Waals surface area contributed by atoms with Gasteiger partial charge < -0.3 is 19.5 Å². The number of aryl methyl sites for hydroxylation is 1. The fraction of sp³-hybridized carbons (Fsp3) is 0.360. The SMILES string of the molecule is CCCOC(=O)C1=C(C)Nc2nnnn2C1c1cc(Br)c(OCc2cccc(C)c2)c(OCC)c1. The second-order valence-corrected chi connectivity index (χ2v) is 9.04. The van der Waals surface area contributed by atoms with E-state index in [2.05, 4.69) is 42.8 Å². The number of nitrogens with one attached hydrogen (secondary N) is 1. The molecule has 3 aromatic rings. The molecule has 184 valence electrons. The molecule has 2 aromatic carbocycles. The van der Waals surface area contributed by atoms with Crippen molar-refractivity contribution in [2.75, 3.05) is 18.5 Å². The second-order valence-electron chi connectivity index (χ2n) is 8.19. The molecule has 0 amide bonds. The number of anilines is 1. The highest BCUT2D eigenvalue weighted by molar-refractivity contribution is 9.10. The number of carbonyl (C=O) groups is 1. The molecular formula is C25H28BrN5O4. The molecule has 0 spiro atoms. The molecule has 10 heteroatoms. The predicted molar refractivity (Wildman–Crippen MR) is 134 cm³/mol. The number of halogens is 1. The topological polar surface area (TPSA) is 100 Å². The second kappa shape index (κ2) is 10.9. The van der Waals surface area contributed by atoms with Crippen LogP contribution in [0.4, 0.5) is 5.95 Å². The molecule has 1 N–H and O–H groups in total. The zero-order chi connectivity index (χ0) is 24.9. The van der Waals surface area contributed by atoms with Crippen LogP contribution in [0.1, 0.15) is 49.9 Å². The number of nitrogens with zero attached hydrogens (tertiary/aromatic N) is 4. The van der Waals surface area contributed by atoms with Crippen molar-refractivity contribution in [1.82, 2.24) is 20.2 Å². The summed E-state index contributed by atoms with van der Waals surface area (Å²) in [7, 11) is 0. The van der Waals surface area contributed by atoms with Gasteiger partial charge in [-0.3, -0.25) is 0 Å². The normalized spacial score (nSPS) is 14.8. The number of tetrazole rings is 1. The Hall–Kier alpha value is -3.40. The number of hydrogen-bond donors (Lipinski definition) is 1. The van der Waals surface area contributed by atoms with Gasteiger partial charge in [0.25, 0.3) is 0 Å². The van der Waals surface area contributed by atoms with Gasteiger partial charge in [-0.15, -0.1) is 0 Å². The van der Waals surface area contributed by atoms with Gasteiger partial charge in [-0.1, -0.05) is 41.9 Å². The zero-order valence-electron chi connectivity index (χ0n) is 20.2. The summed E-state index contributed by atoms with van der Waals surface area (Å²) in [5.74, 6) is 1.15. The lowest BCUT2D eigenvalue weighted by Gasteiger charge is -2.28. The minimum atomic E-state index is -0.605. The number of carbonyl (C=O) groups excluding carboxylic acids is 1. The number of esters is 1. The lowest BCUT2D eigenvalue weighted by molar-refractivity contribution is -0.139. The van der Waals surface area contributed by atoms with Crippen LogP contribution in [0.2, 0.25) is 0 Å². The third-order valence-corrected chi connectivity index (χ3v) is 6.07. The molecule has 35 heavy (non-hydrogen) atoms. The monoisotopic (exact) mass is 541 g/mol. The molecule has 0 fully saturated rings. The first-order valence-electron chi connectivity index (χ1n) is 11.5. The van der Waals surface area contributed by atoms with E-state index >= 15 is 0 Å². The smallest absolute Gasteiger partial charge is 0.338 e. The van der Waals surface area contributed by atoms with Crippen LogP contribution >= 0.6 is 15.9 Å². The van der Waals surface area contributed by atoms with Gasteiger partial charge in [0.05, 0.1) is 23.3 Å². The minimum absolute atomic E-state index is 0.324. The van der Waals surface area contributed by atoms with Crippen molar-refractivity contribution in [3.63, 3.8) is 0 Å². The maximum atomic E-state index is 13.1. The Balaban J connectivity index is 1.74. The summed E-state index contributed by atoms with van der Waals surface area (Å²) >= 11 is 3.65. The van der Waals surface area contributed by atoms with Crippen LogP contribution < -0.4 is 14.8 Å². The molecule has 4 rings (SSSR count). The molecule has 1 atom stereocenters. The molecule has 1 aliphatic heterocycles. The van der Waals surface area contributed by atoms with Crippen LogP contribution in [0.15, 0.2) is 52.1 Å². The van der Waals surface area contributed by atoms with E-state index in [1.807, 2.05) is 58.0 Å². The van der Waals surface area contributed by atoms with Gasteiger partial charge in [0.15, 0.2) is 11.5 Å². The summed E-state index contributed by atoms with van der Waals surface area (Å²) in [6, 6.07) is 11.3. The predicted octanol–water partition coefficient (Wildman–Crippen LogP) is 4.96. The Morgan fingerprint density at radius 1 is 1.17 bits per heavy atom. The highest BCUT2D eigenvalue weighted by atomic mass is 79.9. The Kier molecular flexibility index (Phi) is 7.70. The Morgan fingerprint density at radius 2 is 2.00 bits per heavy atom. The van der Waals surface area contributed by atoms with Crippen molar-refractivity contribution in [1.29, 1.82) is 0 Å². The van der Waals surface area contributed by atoms with Crippen molar-refractivity contribution in [3.8, 4) is 11.5 Å². The van der Waals surface area contributed by atoms with Crippen LogP contribution in [0.5, 0.6) is 11.5 Å². The summed E-state index contributed by atoms with van der Waals surface area (Å²) in [6.07, 6.45) is 0.722. The third kappa shape index (κ3) is 5.32. The van der Waals surface area contributed by atoms with Gasteiger partial charge in [-0.2, -0.15) is 4.68 Å². The Labute approximate surface area is 212 Å². The number of allylic oxidation sites excluding steroid dienone is 1. The van der Waals surface area contributed by atoms with Crippen LogP contribution in [0.3, 0.4) is 0 Å². The van der Waals surface area contributed by atoms with Crippen molar-refractivity contribution >= 4 is 27.8 Å². The van der Waals surface area contributed by atoms with Gasteiger partial charge in [0.1, 0.15) is 12.6 Å². The van der Waals surface area contributed by atoms with E-state index in [0.29, 0.717) is 53.0 Å². The lowest BCUT2D eigenvalue weighted by Crippen LogP contribution is -2.30. The molecule has 9 nitrogen and oxygen atoms in total. The number of fused-ring (bicyclic) bond motifs is 1. The van der Waals surface area contributed by atoms with E-state index in [1.54, 1.807) is 4.68 Å². The van der Waals surface area contributed by atoms with E-state index in [1.165, 1.54) is 5.56 Å². The maximum Gasteiger partial charge on any atom is 0.338 e. The summed E-state index contributed by atoms with van der Waals surface area (Å²) in [6.45, 7) is 8.87. The molecule has 2 heterocycles. The van der Waals surface area contributed by atoms with Gasteiger partial charge in [0, 0.05) is 5.70 Å². The molecule has 0 bridgehead atoms. The zero-order valence-corrected chi connectivity index (χ0v) is 21.8. The summed E-state index contributed by atoms with van der Waals surface area (Å²) in [4.78, 5) is 13.1. The van der Waals surface area contributed by atoms with Crippen molar-refractivity contribution in [3.05, 3.63) is 68.8 Å². The van der Waals surface area contributed by atoms with Gasteiger partial charge in [-0.25, -0.2) is 4.79 Å². The van der Waals surface area contributed by atoms with Gasteiger partial charge in [-0.05, 0) is 76.8 Å². The van der Waals surface area contributed by atoms with Gasteiger partial charge in [0.2, 0.25) is 5.95 Å². The molecule has 1 unspecified atom stereocenters. The van der Waals surface area contributed by atoms with Crippen LogP contribution in [0.25, 0.3) is 0 Å². The minimum Gasteiger partial charge on any atom is -0.490 e. The average Bonchev–Trinajstić information content (AvgIpc) is 3.29. The maximum absolute atomic E-state index is 13.1. The van der Waals surface area contributed by atoms with E-state index in [4.69, 9.17) is 14.2 Å². The van der Waals surface area contributed by atoms with E-state index in [0.717, 1.165) is 17.5 Å². The van der Waals surface area contributed by atoms with Crippen LogP contribution in [-0.4, -0.2) is 39.4 Å². The van der Waals surface area contributed by atoms with Crippen molar-refractivity contribution in [2.24, 2.45) is 0 Å². The Bertz CT molecular complexity index is 1260. The lowest BCUT2D eigenvalue weighted by atomic mass is 9.95. The fourth-order valence-electron chi connectivity index (χ4n) is 3.96. The quantitative estimate of drug-likeness (QED) is 0.379. The molecule has 0 saturated carbocycles. The first kappa shape index (κ1) is 24.7. The first-order valence-corrected chi connectivity index (χ1v) is 12.3. The largest absolute Gasteiger partial charge is 0.490 e.